The number of aromatic nitrogens is 2. The maximum atomic E-state index is 12.9. The average molecular weight is 470 g/mol. The topological polar surface area (TPSA) is 111 Å². The highest BCUT2D eigenvalue weighted by Crippen LogP contribution is 2.18. The molecule has 0 bridgehead atoms. The van der Waals surface area contributed by atoms with Gasteiger partial charge in [-0.2, -0.15) is 4.31 Å². The van der Waals surface area contributed by atoms with Gasteiger partial charge in [0.25, 0.3) is 5.56 Å². The number of nitrogens with zero attached hydrogens (tertiary/aromatic N) is 4. The largest absolute Gasteiger partial charge is 0.385 e. The number of hydrogen-bond donors (Lipinski definition) is 1. The van der Waals surface area contributed by atoms with Gasteiger partial charge in [-0.05, 0) is 17.7 Å². The van der Waals surface area contributed by atoms with Crippen LogP contribution in [0, 0.1) is 0 Å². The molecule has 1 aliphatic heterocycles. The molecule has 1 fully saturated rings. The molecular formula is C23H27N5O4S. The minimum Gasteiger partial charge on any atom is -0.385 e. The molecule has 4 rings (SSSR count). The third-order valence-electron chi connectivity index (χ3n) is 5.96. The summed E-state index contributed by atoms with van der Waals surface area (Å²) in [6, 6.07) is 17.8. The van der Waals surface area contributed by atoms with Gasteiger partial charge in [-0.25, -0.2) is 13.2 Å². The number of anilines is 1. The summed E-state index contributed by atoms with van der Waals surface area (Å²) in [5, 5.41) is 0. The Balaban J connectivity index is 1.53. The predicted molar refractivity (Wildman–Crippen MR) is 126 cm³/mol. The molecule has 2 heterocycles. The molecule has 1 aliphatic rings. The molecule has 0 amide bonds. The van der Waals surface area contributed by atoms with Gasteiger partial charge in [-0.1, -0.05) is 48.5 Å². The molecule has 0 radical (unpaired) electrons. The molecular weight excluding hydrogens is 442 g/mol. The lowest BCUT2D eigenvalue weighted by molar-refractivity contribution is 0.180. The van der Waals surface area contributed by atoms with Crippen LogP contribution in [-0.4, -0.2) is 52.9 Å². The van der Waals surface area contributed by atoms with E-state index in [1.807, 2.05) is 35.2 Å². The Labute approximate surface area is 192 Å². The highest BCUT2D eigenvalue weighted by atomic mass is 32.2. The lowest BCUT2D eigenvalue weighted by atomic mass is 10.2. The van der Waals surface area contributed by atoms with E-state index in [1.165, 1.54) is 15.9 Å². The van der Waals surface area contributed by atoms with Crippen LogP contribution in [0.3, 0.4) is 0 Å². The van der Waals surface area contributed by atoms with Crippen molar-refractivity contribution in [3.8, 4) is 0 Å². The third-order valence-corrected chi connectivity index (χ3v) is 7.87. The first-order valence-electron chi connectivity index (χ1n) is 10.7. The Kier molecular flexibility index (Phi) is 6.50. The number of sulfonamides is 1. The van der Waals surface area contributed by atoms with Gasteiger partial charge < -0.3 is 5.73 Å². The summed E-state index contributed by atoms with van der Waals surface area (Å²) in [4.78, 5) is 27.8. The van der Waals surface area contributed by atoms with Crippen LogP contribution in [0.15, 0.2) is 75.1 Å². The smallest absolute Gasteiger partial charge is 0.332 e. The molecule has 3 aromatic rings. The minimum atomic E-state index is -3.56. The van der Waals surface area contributed by atoms with E-state index in [2.05, 4.69) is 0 Å². The zero-order valence-electron chi connectivity index (χ0n) is 18.4. The van der Waals surface area contributed by atoms with Crippen LogP contribution in [0.5, 0.6) is 0 Å². The summed E-state index contributed by atoms with van der Waals surface area (Å²) in [5.74, 6) is 0.145. The minimum absolute atomic E-state index is 0.145. The fraction of sp³-hybridized carbons (Fsp3) is 0.304. The van der Waals surface area contributed by atoms with E-state index in [9.17, 15) is 18.0 Å². The van der Waals surface area contributed by atoms with Crippen molar-refractivity contribution in [1.82, 2.24) is 18.3 Å². The average Bonchev–Trinajstić information content (AvgIpc) is 2.85. The van der Waals surface area contributed by atoms with Crippen LogP contribution in [0.1, 0.15) is 11.1 Å². The standard InChI is InChI=1S/C23H27N5O4S/c1-25-22(29)20(21(24)28(23(25)30)16-18-8-4-2-5-9-18)17-26-12-14-27(15-13-26)33(31,32)19-10-6-3-7-11-19/h2-11H,12-17,24H2,1H3. The monoisotopic (exact) mass is 469 g/mol. The molecule has 9 nitrogen and oxygen atoms in total. The number of hydrogen-bond acceptors (Lipinski definition) is 6. The van der Waals surface area contributed by atoms with Crippen LogP contribution in [-0.2, 0) is 30.2 Å². The van der Waals surface area contributed by atoms with Crippen molar-refractivity contribution in [3.63, 3.8) is 0 Å². The van der Waals surface area contributed by atoms with Crippen LogP contribution < -0.4 is 17.0 Å². The summed E-state index contributed by atoms with van der Waals surface area (Å²) in [6.45, 7) is 2.02. The lowest BCUT2D eigenvalue weighted by Crippen LogP contribution is -2.49. The number of rotatable bonds is 6. The molecule has 2 N–H and O–H groups in total. The van der Waals surface area contributed by atoms with Crippen molar-refractivity contribution in [3.05, 3.63) is 92.6 Å². The highest BCUT2D eigenvalue weighted by Gasteiger charge is 2.29. The first-order valence-corrected chi connectivity index (χ1v) is 12.1. The summed E-state index contributed by atoms with van der Waals surface area (Å²) < 4.78 is 29.6. The second kappa shape index (κ2) is 9.34. The van der Waals surface area contributed by atoms with Crippen molar-refractivity contribution in [2.75, 3.05) is 31.9 Å². The Bertz CT molecular complexity index is 1340. The van der Waals surface area contributed by atoms with Crippen molar-refractivity contribution in [2.24, 2.45) is 7.05 Å². The quantitative estimate of drug-likeness (QED) is 0.569. The molecule has 2 aromatic carbocycles. The van der Waals surface area contributed by atoms with E-state index in [0.717, 1.165) is 10.1 Å². The van der Waals surface area contributed by atoms with Crippen LogP contribution in [0.2, 0.25) is 0 Å². The number of benzene rings is 2. The Hall–Kier alpha value is -3.21. The van der Waals surface area contributed by atoms with Crippen molar-refractivity contribution >= 4 is 15.8 Å². The summed E-state index contributed by atoms with van der Waals surface area (Å²) in [5.41, 5.74) is 6.65. The molecule has 0 unspecified atom stereocenters. The van der Waals surface area contributed by atoms with E-state index in [0.29, 0.717) is 31.7 Å². The third kappa shape index (κ3) is 4.63. The first kappa shape index (κ1) is 23.0. The maximum Gasteiger partial charge on any atom is 0.332 e. The zero-order valence-corrected chi connectivity index (χ0v) is 19.2. The van der Waals surface area contributed by atoms with Gasteiger partial charge in [0.1, 0.15) is 5.82 Å². The van der Waals surface area contributed by atoms with Crippen molar-refractivity contribution in [2.45, 2.75) is 18.0 Å². The lowest BCUT2D eigenvalue weighted by Gasteiger charge is -2.34. The molecule has 0 atom stereocenters. The number of nitrogens with two attached hydrogens (primary N) is 1. The predicted octanol–water partition coefficient (Wildman–Crippen LogP) is 0.684. The Morgan fingerprint density at radius 3 is 2.03 bits per heavy atom. The summed E-state index contributed by atoms with van der Waals surface area (Å²) in [6.07, 6.45) is 0. The summed E-state index contributed by atoms with van der Waals surface area (Å²) in [7, 11) is -2.11. The molecule has 10 heteroatoms. The van der Waals surface area contributed by atoms with E-state index in [1.54, 1.807) is 30.3 Å². The number of nitrogen functional groups attached to an aromatic ring is 1. The van der Waals surface area contributed by atoms with E-state index in [4.69, 9.17) is 5.73 Å². The molecule has 1 aromatic heterocycles. The molecule has 33 heavy (non-hydrogen) atoms. The fourth-order valence-corrected chi connectivity index (χ4v) is 5.45. The fourth-order valence-electron chi connectivity index (χ4n) is 4.01. The highest BCUT2D eigenvalue weighted by molar-refractivity contribution is 7.89. The van der Waals surface area contributed by atoms with Gasteiger partial charge in [-0.15, -0.1) is 0 Å². The normalized spacial score (nSPS) is 15.5. The zero-order chi connectivity index (χ0) is 23.6. The SMILES string of the molecule is Cn1c(=O)c(CN2CCN(S(=O)(=O)c3ccccc3)CC2)c(N)n(Cc2ccccc2)c1=O. The Morgan fingerprint density at radius 1 is 0.848 bits per heavy atom. The van der Waals surface area contributed by atoms with Crippen LogP contribution >= 0.6 is 0 Å². The van der Waals surface area contributed by atoms with E-state index >= 15 is 0 Å². The second-order valence-corrected chi connectivity index (χ2v) is 10.0. The molecule has 0 aliphatic carbocycles. The van der Waals surface area contributed by atoms with Crippen LogP contribution in [0.4, 0.5) is 5.82 Å². The molecule has 174 valence electrons. The van der Waals surface area contributed by atoms with Crippen LogP contribution in [0.25, 0.3) is 0 Å². The van der Waals surface area contributed by atoms with Gasteiger partial charge in [0.2, 0.25) is 10.0 Å². The van der Waals surface area contributed by atoms with Gasteiger partial charge in [0.05, 0.1) is 17.0 Å². The van der Waals surface area contributed by atoms with Crippen molar-refractivity contribution in [1.29, 1.82) is 0 Å². The van der Waals surface area contributed by atoms with Gasteiger partial charge in [0.15, 0.2) is 0 Å². The maximum absolute atomic E-state index is 12.9. The van der Waals surface area contributed by atoms with Crippen molar-refractivity contribution < 1.29 is 8.42 Å². The Morgan fingerprint density at radius 2 is 1.42 bits per heavy atom. The van der Waals surface area contributed by atoms with E-state index < -0.39 is 21.3 Å². The van der Waals surface area contributed by atoms with E-state index in [-0.39, 0.29) is 23.8 Å². The van der Waals surface area contributed by atoms with Gasteiger partial charge >= 0.3 is 5.69 Å². The molecule has 0 spiro atoms. The van der Waals surface area contributed by atoms with Gasteiger partial charge in [0, 0.05) is 39.8 Å². The second-order valence-electron chi connectivity index (χ2n) is 8.08. The first-order chi connectivity index (χ1) is 15.8. The van der Waals surface area contributed by atoms with Gasteiger partial charge in [-0.3, -0.25) is 18.8 Å². The molecule has 0 saturated carbocycles. The summed E-state index contributed by atoms with van der Waals surface area (Å²) >= 11 is 0. The molecule has 1 saturated heterocycles. The number of piperazine rings is 1.